The number of anilines is 1. The van der Waals surface area contributed by atoms with Crippen molar-refractivity contribution in [3.05, 3.63) is 102 Å². The molecule has 0 fully saturated rings. The Bertz CT molecular complexity index is 1780. The number of nitrogens with zero attached hydrogens (tertiary/aromatic N) is 1. The number of aryl methyl sites for hydroxylation is 2. The molecule has 5 aromatic rings. The van der Waals surface area contributed by atoms with Gasteiger partial charge in [-0.1, -0.05) is 48.5 Å². The van der Waals surface area contributed by atoms with Gasteiger partial charge in [-0.15, -0.1) is 0 Å². The largest absolute Gasteiger partial charge is 0.494 e. The molecule has 0 aliphatic rings. The lowest BCUT2D eigenvalue weighted by atomic mass is 10.1. The van der Waals surface area contributed by atoms with Gasteiger partial charge in [-0.05, 0) is 80.8 Å². The fourth-order valence-electron chi connectivity index (χ4n) is 5.10. The van der Waals surface area contributed by atoms with Gasteiger partial charge in [0.2, 0.25) is 15.9 Å². The zero-order valence-corrected chi connectivity index (χ0v) is 23.7. The van der Waals surface area contributed by atoms with Crippen LogP contribution >= 0.6 is 0 Å². The summed E-state index contributed by atoms with van der Waals surface area (Å²) < 4.78 is 37.3. The predicted molar refractivity (Wildman–Crippen MR) is 160 cm³/mol. The zero-order chi connectivity index (χ0) is 28.3. The quantitative estimate of drug-likeness (QED) is 0.220. The highest BCUT2D eigenvalue weighted by atomic mass is 32.2. The van der Waals surface area contributed by atoms with E-state index in [1.807, 2.05) is 67.6 Å². The molecule has 0 saturated heterocycles. The number of hydrogen-bond donors (Lipinski definition) is 2. The number of benzene rings is 4. The van der Waals surface area contributed by atoms with E-state index >= 15 is 0 Å². The second-order valence-electron chi connectivity index (χ2n) is 9.71. The molecule has 0 radical (unpaired) electrons. The highest BCUT2D eigenvalue weighted by Crippen LogP contribution is 2.31. The number of sulfonamides is 1. The fraction of sp³-hybridized carbons (Fsp3) is 0.219. The van der Waals surface area contributed by atoms with Crippen molar-refractivity contribution in [2.24, 2.45) is 0 Å². The molecule has 8 heteroatoms. The van der Waals surface area contributed by atoms with Gasteiger partial charge >= 0.3 is 0 Å². The molecule has 40 heavy (non-hydrogen) atoms. The van der Waals surface area contributed by atoms with Crippen molar-refractivity contribution in [2.75, 3.05) is 11.9 Å². The van der Waals surface area contributed by atoms with E-state index < -0.39 is 22.0 Å². The number of nitrogens with one attached hydrogen (secondary N) is 2. The van der Waals surface area contributed by atoms with Crippen molar-refractivity contribution in [3.8, 4) is 5.75 Å². The lowest BCUT2D eigenvalue weighted by Crippen LogP contribution is -2.45. The Morgan fingerprint density at radius 3 is 2.33 bits per heavy atom. The summed E-state index contributed by atoms with van der Waals surface area (Å²) in [6, 6.07) is 27.0. The van der Waals surface area contributed by atoms with Crippen LogP contribution in [0.1, 0.15) is 25.0 Å². The zero-order valence-electron chi connectivity index (χ0n) is 22.8. The van der Waals surface area contributed by atoms with Gasteiger partial charge in [0.1, 0.15) is 11.8 Å². The number of ether oxygens (including phenoxy) is 1. The number of hydrogen-bond acceptors (Lipinski definition) is 4. The molecule has 0 bridgehead atoms. The van der Waals surface area contributed by atoms with Crippen LogP contribution in [0.25, 0.3) is 21.8 Å². The molecule has 1 atom stereocenters. The van der Waals surface area contributed by atoms with Crippen molar-refractivity contribution < 1.29 is 17.9 Å². The molecule has 0 aliphatic carbocycles. The Labute approximate surface area is 234 Å². The summed E-state index contributed by atoms with van der Waals surface area (Å²) >= 11 is 0. The molecule has 1 amide bonds. The van der Waals surface area contributed by atoms with Crippen LogP contribution in [0, 0.1) is 6.92 Å². The van der Waals surface area contributed by atoms with Gasteiger partial charge in [-0.25, -0.2) is 8.42 Å². The average molecular weight is 556 g/mol. The number of para-hydroxylation sites is 1. The molecule has 0 aliphatic heterocycles. The predicted octanol–water partition coefficient (Wildman–Crippen LogP) is 6.05. The van der Waals surface area contributed by atoms with Crippen LogP contribution in [0.15, 0.2) is 95.9 Å². The van der Waals surface area contributed by atoms with Crippen LogP contribution in [0.5, 0.6) is 5.75 Å². The van der Waals surface area contributed by atoms with E-state index in [2.05, 4.69) is 33.7 Å². The van der Waals surface area contributed by atoms with Crippen LogP contribution in [0.3, 0.4) is 0 Å². The topological polar surface area (TPSA) is 89.4 Å². The molecule has 1 aromatic heterocycles. The highest BCUT2D eigenvalue weighted by Gasteiger charge is 2.27. The monoisotopic (exact) mass is 555 g/mol. The molecule has 2 N–H and O–H groups in total. The van der Waals surface area contributed by atoms with Gasteiger partial charge in [0.25, 0.3) is 0 Å². The van der Waals surface area contributed by atoms with Crippen LogP contribution in [-0.4, -0.2) is 31.5 Å². The summed E-state index contributed by atoms with van der Waals surface area (Å²) in [4.78, 5) is 13.7. The average Bonchev–Trinajstić information content (AvgIpc) is 3.27. The third-order valence-corrected chi connectivity index (χ3v) is 8.48. The summed E-state index contributed by atoms with van der Waals surface area (Å²) in [5, 5.41) is 5.09. The standard InChI is InChI=1S/C32H33N3O4S/c1-4-35-29-14-10-9-13-26(29)27-21-24(15-17-30(27)35)33-32(36)28(20-23-11-7-6-8-12-23)34-40(37,38)25-16-18-31(39-5-2)22(3)19-25/h6-19,21,28,34H,4-5,20H2,1-3H3,(H,33,36)/t28-/m0/s1. The lowest BCUT2D eigenvalue weighted by molar-refractivity contribution is -0.117. The van der Waals surface area contributed by atoms with E-state index in [9.17, 15) is 13.2 Å². The Morgan fingerprint density at radius 1 is 0.875 bits per heavy atom. The summed E-state index contributed by atoms with van der Waals surface area (Å²) in [6.45, 7) is 7.08. The number of rotatable bonds is 10. The molecule has 206 valence electrons. The van der Waals surface area contributed by atoms with Gasteiger partial charge < -0.3 is 14.6 Å². The first-order valence-corrected chi connectivity index (χ1v) is 14.9. The van der Waals surface area contributed by atoms with Crippen molar-refractivity contribution in [1.82, 2.24) is 9.29 Å². The second-order valence-corrected chi connectivity index (χ2v) is 11.4. The molecule has 1 heterocycles. The SMILES string of the molecule is CCOc1ccc(S(=O)(=O)N[C@@H](Cc2ccccc2)C(=O)Nc2ccc3c(c2)c2ccccc2n3CC)cc1C. The first kappa shape index (κ1) is 27.4. The maximum atomic E-state index is 13.6. The van der Waals surface area contributed by atoms with E-state index in [0.29, 0.717) is 23.6 Å². The van der Waals surface area contributed by atoms with Gasteiger partial charge in [-0.2, -0.15) is 4.72 Å². The molecular formula is C32H33N3O4S. The maximum absolute atomic E-state index is 13.6. The molecule has 0 unspecified atom stereocenters. The molecule has 0 saturated carbocycles. The smallest absolute Gasteiger partial charge is 0.242 e. The van der Waals surface area contributed by atoms with E-state index in [1.165, 1.54) is 6.07 Å². The minimum Gasteiger partial charge on any atom is -0.494 e. The van der Waals surface area contributed by atoms with Crippen molar-refractivity contribution >= 4 is 43.4 Å². The van der Waals surface area contributed by atoms with Crippen molar-refractivity contribution in [2.45, 2.75) is 44.7 Å². The molecule has 4 aromatic carbocycles. The number of carbonyl (C=O) groups is 1. The van der Waals surface area contributed by atoms with E-state index in [-0.39, 0.29) is 11.3 Å². The Kier molecular flexibility index (Phi) is 7.91. The first-order chi connectivity index (χ1) is 19.3. The Hall–Kier alpha value is -4.14. The van der Waals surface area contributed by atoms with E-state index in [0.717, 1.165) is 33.9 Å². The summed E-state index contributed by atoms with van der Waals surface area (Å²) in [7, 11) is -4.00. The number of aromatic nitrogens is 1. The maximum Gasteiger partial charge on any atom is 0.242 e. The van der Waals surface area contributed by atoms with Crippen LogP contribution in [0.2, 0.25) is 0 Å². The molecule has 0 spiro atoms. The number of amides is 1. The summed E-state index contributed by atoms with van der Waals surface area (Å²) in [5.41, 5.74) is 4.35. The first-order valence-electron chi connectivity index (χ1n) is 13.4. The summed E-state index contributed by atoms with van der Waals surface area (Å²) in [6.07, 6.45) is 0.194. The van der Waals surface area contributed by atoms with E-state index in [1.54, 1.807) is 19.1 Å². The minimum absolute atomic E-state index is 0.0770. The molecule has 5 rings (SSSR count). The highest BCUT2D eigenvalue weighted by molar-refractivity contribution is 7.89. The Morgan fingerprint density at radius 2 is 1.60 bits per heavy atom. The summed E-state index contributed by atoms with van der Waals surface area (Å²) in [5.74, 6) is 0.188. The van der Waals surface area contributed by atoms with Gasteiger partial charge in [0.05, 0.1) is 11.5 Å². The third kappa shape index (κ3) is 5.59. The van der Waals surface area contributed by atoms with Crippen LogP contribution in [-0.2, 0) is 27.8 Å². The lowest BCUT2D eigenvalue weighted by Gasteiger charge is -2.19. The van der Waals surface area contributed by atoms with Gasteiger partial charge in [0, 0.05) is 34.0 Å². The number of fused-ring (bicyclic) bond motifs is 3. The van der Waals surface area contributed by atoms with Crippen LogP contribution in [0.4, 0.5) is 5.69 Å². The van der Waals surface area contributed by atoms with E-state index in [4.69, 9.17) is 4.74 Å². The molecular weight excluding hydrogens is 522 g/mol. The minimum atomic E-state index is -4.00. The van der Waals surface area contributed by atoms with Crippen molar-refractivity contribution in [3.63, 3.8) is 0 Å². The fourth-order valence-corrected chi connectivity index (χ4v) is 6.38. The second kappa shape index (κ2) is 11.5. The normalized spacial score (nSPS) is 12.5. The van der Waals surface area contributed by atoms with Gasteiger partial charge in [-0.3, -0.25) is 4.79 Å². The number of carbonyl (C=O) groups excluding carboxylic acids is 1. The molecule has 7 nitrogen and oxygen atoms in total. The van der Waals surface area contributed by atoms with Crippen LogP contribution < -0.4 is 14.8 Å². The third-order valence-electron chi connectivity index (χ3n) is 7.01. The van der Waals surface area contributed by atoms with Gasteiger partial charge in [0.15, 0.2) is 0 Å². The van der Waals surface area contributed by atoms with Crippen molar-refractivity contribution in [1.29, 1.82) is 0 Å². The Balaban J connectivity index is 1.45.